The maximum Gasteiger partial charge on any atom is 0.335 e. The molecular weight excluding hydrogens is 376 g/mol. The van der Waals surface area contributed by atoms with Gasteiger partial charge in [0.25, 0.3) is 11.8 Å². The standard InChI is InChI=1S/C17H13BrN2O4/c1-9-7-11(4-6-14(9)18)20-16(22)13(15(21)19-17(20)23)8-12-5-3-10(2)24-12/h3-8H,1-2H3,(H,19,21,23)/b13-8+. The Balaban J connectivity index is 2.02. The summed E-state index contributed by atoms with van der Waals surface area (Å²) in [5.74, 6) is -0.419. The van der Waals surface area contributed by atoms with Crippen LogP contribution in [0, 0.1) is 13.8 Å². The van der Waals surface area contributed by atoms with Gasteiger partial charge in [0.2, 0.25) is 0 Å². The van der Waals surface area contributed by atoms with Crippen LogP contribution in [0.4, 0.5) is 10.5 Å². The van der Waals surface area contributed by atoms with Crippen LogP contribution in [0.5, 0.6) is 0 Å². The summed E-state index contributed by atoms with van der Waals surface area (Å²) in [7, 11) is 0. The van der Waals surface area contributed by atoms with Gasteiger partial charge in [0, 0.05) is 4.47 Å². The Morgan fingerprint density at radius 2 is 1.88 bits per heavy atom. The average molecular weight is 389 g/mol. The van der Waals surface area contributed by atoms with Crippen molar-refractivity contribution in [2.75, 3.05) is 4.90 Å². The Morgan fingerprint density at radius 1 is 1.12 bits per heavy atom. The first-order chi connectivity index (χ1) is 11.4. The fraction of sp³-hybridized carbons (Fsp3) is 0.118. The summed E-state index contributed by atoms with van der Waals surface area (Å²) in [6.07, 6.45) is 1.33. The smallest absolute Gasteiger partial charge is 0.335 e. The molecule has 0 atom stereocenters. The third kappa shape index (κ3) is 2.90. The molecule has 1 saturated heterocycles. The number of imide groups is 2. The largest absolute Gasteiger partial charge is 0.462 e. The normalized spacial score (nSPS) is 16.7. The van der Waals surface area contributed by atoms with Gasteiger partial charge in [-0.3, -0.25) is 14.9 Å². The highest BCUT2D eigenvalue weighted by molar-refractivity contribution is 9.10. The molecule has 2 aromatic rings. The zero-order valence-corrected chi connectivity index (χ0v) is 14.5. The minimum atomic E-state index is -0.778. The highest BCUT2D eigenvalue weighted by atomic mass is 79.9. The lowest BCUT2D eigenvalue weighted by Crippen LogP contribution is -2.54. The number of urea groups is 1. The second-order valence-corrected chi connectivity index (χ2v) is 6.19. The van der Waals surface area contributed by atoms with Crippen molar-refractivity contribution in [3.8, 4) is 0 Å². The fourth-order valence-electron chi connectivity index (χ4n) is 2.33. The average Bonchev–Trinajstić information content (AvgIpc) is 2.92. The van der Waals surface area contributed by atoms with Gasteiger partial charge >= 0.3 is 6.03 Å². The van der Waals surface area contributed by atoms with E-state index in [-0.39, 0.29) is 5.57 Å². The van der Waals surface area contributed by atoms with Crippen LogP contribution in [-0.4, -0.2) is 17.8 Å². The van der Waals surface area contributed by atoms with Crippen molar-refractivity contribution in [1.29, 1.82) is 0 Å². The van der Waals surface area contributed by atoms with E-state index < -0.39 is 17.8 Å². The molecule has 1 aromatic carbocycles. The predicted octanol–water partition coefficient (Wildman–Crippen LogP) is 3.33. The number of rotatable bonds is 2. The quantitative estimate of drug-likeness (QED) is 0.631. The molecule has 1 fully saturated rings. The molecule has 3 rings (SSSR count). The summed E-state index contributed by atoms with van der Waals surface area (Å²) in [4.78, 5) is 37.8. The number of benzene rings is 1. The Morgan fingerprint density at radius 3 is 2.50 bits per heavy atom. The van der Waals surface area contributed by atoms with E-state index in [2.05, 4.69) is 21.2 Å². The third-order valence-corrected chi connectivity index (χ3v) is 4.44. The monoisotopic (exact) mass is 388 g/mol. The molecule has 1 aliphatic heterocycles. The molecule has 6 nitrogen and oxygen atoms in total. The van der Waals surface area contributed by atoms with Gasteiger partial charge in [0.05, 0.1) is 5.69 Å². The number of carbonyl (C=O) groups excluding carboxylic acids is 3. The fourth-order valence-corrected chi connectivity index (χ4v) is 2.58. The Labute approximate surface area is 146 Å². The topological polar surface area (TPSA) is 79.6 Å². The zero-order chi connectivity index (χ0) is 17.4. The number of hydrogen-bond donors (Lipinski definition) is 1. The molecule has 0 radical (unpaired) electrons. The van der Waals surface area contributed by atoms with E-state index in [9.17, 15) is 14.4 Å². The van der Waals surface area contributed by atoms with Gasteiger partial charge in [-0.05, 0) is 55.8 Å². The lowest BCUT2D eigenvalue weighted by Gasteiger charge is -2.26. The van der Waals surface area contributed by atoms with E-state index in [4.69, 9.17) is 4.42 Å². The van der Waals surface area contributed by atoms with Crippen LogP contribution in [0.25, 0.3) is 6.08 Å². The first-order valence-corrected chi connectivity index (χ1v) is 7.90. The summed E-state index contributed by atoms with van der Waals surface area (Å²) < 4.78 is 6.22. The first-order valence-electron chi connectivity index (χ1n) is 7.11. The number of halogens is 1. The molecule has 0 unspecified atom stereocenters. The first kappa shape index (κ1) is 16.2. The number of nitrogens with one attached hydrogen (secondary N) is 1. The molecule has 0 aliphatic carbocycles. The van der Waals surface area contributed by atoms with Gasteiger partial charge in [0.1, 0.15) is 17.1 Å². The Hall–Kier alpha value is -2.67. The van der Waals surface area contributed by atoms with Crippen LogP contribution in [-0.2, 0) is 9.59 Å². The maximum atomic E-state index is 12.7. The predicted molar refractivity (Wildman–Crippen MR) is 91.3 cm³/mol. The number of carbonyl (C=O) groups is 3. The van der Waals surface area contributed by atoms with Crippen LogP contribution < -0.4 is 10.2 Å². The second kappa shape index (κ2) is 6.09. The molecule has 7 heteroatoms. The molecule has 0 bridgehead atoms. The molecule has 1 N–H and O–H groups in total. The molecule has 0 spiro atoms. The SMILES string of the molecule is Cc1ccc(/C=C2\C(=O)NC(=O)N(c3ccc(Br)c(C)c3)C2=O)o1. The van der Waals surface area contributed by atoms with E-state index in [0.717, 1.165) is 14.9 Å². The molecular formula is C17H13BrN2O4. The van der Waals surface area contributed by atoms with Gasteiger partial charge in [-0.1, -0.05) is 15.9 Å². The van der Waals surface area contributed by atoms with Crippen molar-refractivity contribution in [3.63, 3.8) is 0 Å². The van der Waals surface area contributed by atoms with E-state index in [1.807, 2.05) is 6.92 Å². The van der Waals surface area contributed by atoms with Gasteiger partial charge < -0.3 is 4.42 Å². The Kier molecular flexibility index (Phi) is 4.11. The molecule has 2 heterocycles. The van der Waals surface area contributed by atoms with Crippen molar-refractivity contribution in [2.24, 2.45) is 0 Å². The van der Waals surface area contributed by atoms with Gasteiger partial charge in [-0.15, -0.1) is 0 Å². The van der Waals surface area contributed by atoms with E-state index in [1.54, 1.807) is 37.3 Å². The van der Waals surface area contributed by atoms with E-state index in [0.29, 0.717) is 17.2 Å². The lowest BCUT2D eigenvalue weighted by molar-refractivity contribution is -0.122. The van der Waals surface area contributed by atoms with Crippen LogP contribution >= 0.6 is 15.9 Å². The summed E-state index contributed by atoms with van der Waals surface area (Å²) in [5, 5.41) is 2.18. The van der Waals surface area contributed by atoms with Crippen molar-refractivity contribution in [1.82, 2.24) is 5.32 Å². The van der Waals surface area contributed by atoms with Crippen LogP contribution in [0.1, 0.15) is 17.1 Å². The molecule has 0 saturated carbocycles. The molecule has 4 amide bonds. The number of aryl methyl sites for hydroxylation is 2. The summed E-state index contributed by atoms with van der Waals surface area (Å²) in [5.41, 5.74) is 1.08. The summed E-state index contributed by atoms with van der Waals surface area (Å²) >= 11 is 3.37. The zero-order valence-electron chi connectivity index (χ0n) is 12.9. The molecule has 122 valence electrons. The minimum Gasteiger partial charge on any atom is -0.462 e. The molecule has 24 heavy (non-hydrogen) atoms. The highest BCUT2D eigenvalue weighted by Gasteiger charge is 2.37. The van der Waals surface area contributed by atoms with Gasteiger partial charge in [-0.25, -0.2) is 9.69 Å². The summed E-state index contributed by atoms with van der Waals surface area (Å²) in [6, 6.07) is 7.64. The van der Waals surface area contributed by atoms with Crippen LogP contribution in [0.2, 0.25) is 0 Å². The maximum absolute atomic E-state index is 12.7. The van der Waals surface area contributed by atoms with E-state index in [1.165, 1.54) is 6.08 Å². The number of barbiturate groups is 1. The number of anilines is 1. The van der Waals surface area contributed by atoms with Crippen molar-refractivity contribution in [2.45, 2.75) is 13.8 Å². The molecule has 1 aliphatic rings. The van der Waals surface area contributed by atoms with Gasteiger partial charge in [0.15, 0.2) is 0 Å². The van der Waals surface area contributed by atoms with Crippen LogP contribution in [0.3, 0.4) is 0 Å². The lowest BCUT2D eigenvalue weighted by atomic mass is 10.1. The van der Waals surface area contributed by atoms with Gasteiger partial charge in [-0.2, -0.15) is 0 Å². The highest BCUT2D eigenvalue weighted by Crippen LogP contribution is 2.26. The minimum absolute atomic E-state index is 0.162. The van der Waals surface area contributed by atoms with Crippen molar-refractivity contribution in [3.05, 3.63) is 57.5 Å². The van der Waals surface area contributed by atoms with Crippen LogP contribution in [0.15, 0.2) is 44.8 Å². The van der Waals surface area contributed by atoms with Crippen molar-refractivity contribution >= 4 is 45.5 Å². The van der Waals surface area contributed by atoms with Crippen molar-refractivity contribution < 1.29 is 18.8 Å². The number of nitrogens with zero attached hydrogens (tertiary/aromatic N) is 1. The Bertz CT molecular complexity index is 898. The number of amides is 4. The summed E-state index contributed by atoms with van der Waals surface area (Å²) in [6.45, 7) is 3.60. The third-order valence-electron chi connectivity index (χ3n) is 3.55. The second-order valence-electron chi connectivity index (χ2n) is 5.34. The van der Waals surface area contributed by atoms with E-state index >= 15 is 0 Å². The number of hydrogen-bond acceptors (Lipinski definition) is 4. The molecule has 1 aromatic heterocycles. The number of furan rings is 1.